The first-order valence-corrected chi connectivity index (χ1v) is 9.90. The second-order valence-corrected chi connectivity index (χ2v) is 7.25. The van der Waals surface area contributed by atoms with Crippen LogP contribution in [0.1, 0.15) is 43.5 Å². The fourth-order valence-corrected chi connectivity index (χ4v) is 4.12. The summed E-state index contributed by atoms with van der Waals surface area (Å²) in [7, 11) is 0. The van der Waals surface area contributed by atoms with Gasteiger partial charge in [0.15, 0.2) is 5.82 Å². The topological polar surface area (TPSA) is 84.4 Å². The van der Waals surface area contributed by atoms with Gasteiger partial charge in [0.25, 0.3) is 0 Å². The average Bonchev–Trinajstić information content (AvgIpc) is 3.03. The number of amides is 2. The Hall–Kier alpha value is -3.03. The van der Waals surface area contributed by atoms with E-state index in [0.29, 0.717) is 18.9 Å². The van der Waals surface area contributed by atoms with E-state index in [1.807, 2.05) is 4.90 Å². The summed E-state index contributed by atoms with van der Waals surface area (Å²) < 4.78 is 18.0. The monoisotopic (exact) mass is 398 g/mol. The minimum atomic E-state index is -0.318. The molecular weight excluding hydrogens is 375 g/mol. The van der Waals surface area contributed by atoms with Gasteiger partial charge in [0.05, 0.1) is 24.8 Å². The maximum absolute atomic E-state index is 13.2. The number of hydrogen-bond acceptors (Lipinski definition) is 5. The third kappa shape index (κ3) is 3.92. The fourth-order valence-electron chi connectivity index (χ4n) is 4.12. The number of aromatic nitrogens is 2. The highest BCUT2D eigenvalue weighted by atomic mass is 19.1. The van der Waals surface area contributed by atoms with Crippen molar-refractivity contribution in [3.8, 4) is 11.4 Å². The Bertz CT molecular complexity index is 919. The number of ether oxygens (including phenoxy) is 1. The summed E-state index contributed by atoms with van der Waals surface area (Å²) in [6, 6.07) is 5.96. The Labute approximate surface area is 168 Å². The van der Waals surface area contributed by atoms with E-state index in [1.165, 1.54) is 12.1 Å². The predicted octanol–water partition coefficient (Wildman–Crippen LogP) is 3.01. The zero-order valence-corrected chi connectivity index (χ0v) is 16.2. The van der Waals surface area contributed by atoms with Crippen LogP contribution in [0.3, 0.4) is 0 Å². The van der Waals surface area contributed by atoms with Crippen LogP contribution in [0.15, 0.2) is 30.5 Å². The van der Waals surface area contributed by atoms with Crippen molar-refractivity contribution in [2.75, 3.05) is 13.2 Å². The molecule has 1 aromatic carbocycles. The highest BCUT2D eigenvalue weighted by Crippen LogP contribution is 2.43. The minimum Gasteiger partial charge on any atom is -0.466 e. The molecule has 2 amide bonds. The van der Waals surface area contributed by atoms with Crippen molar-refractivity contribution in [2.45, 2.75) is 44.7 Å². The van der Waals surface area contributed by atoms with Gasteiger partial charge in [0.2, 0.25) is 0 Å². The Morgan fingerprint density at radius 1 is 1.28 bits per heavy atom. The molecule has 0 aliphatic carbocycles. The number of carbonyl (C=O) groups excluding carboxylic acids is 2. The largest absolute Gasteiger partial charge is 0.466 e. The molecule has 1 saturated heterocycles. The number of fused-ring (bicyclic) bond motifs is 4. The van der Waals surface area contributed by atoms with Crippen molar-refractivity contribution in [3.63, 3.8) is 0 Å². The predicted molar refractivity (Wildman–Crippen MR) is 103 cm³/mol. The Kier molecular flexibility index (Phi) is 5.42. The molecule has 2 bridgehead atoms. The summed E-state index contributed by atoms with van der Waals surface area (Å²) in [6.45, 7) is 2.34. The molecule has 3 heterocycles. The summed E-state index contributed by atoms with van der Waals surface area (Å²) in [5.74, 6) is -0.0497. The normalized spacial score (nSPS) is 19.6. The van der Waals surface area contributed by atoms with Crippen molar-refractivity contribution in [1.82, 2.24) is 20.2 Å². The van der Waals surface area contributed by atoms with Gasteiger partial charge in [-0.05, 0) is 44.0 Å². The smallest absolute Gasteiger partial charge is 0.318 e. The lowest BCUT2D eigenvalue weighted by Crippen LogP contribution is -2.47. The van der Waals surface area contributed by atoms with Crippen LogP contribution in [-0.4, -0.2) is 46.1 Å². The molecule has 0 saturated carbocycles. The van der Waals surface area contributed by atoms with Crippen molar-refractivity contribution in [2.24, 2.45) is 0 Å². The van der Waals surface area contributed by atoms with Gasteiger partial charge in [-0.3, -0.25) is 4.79 Å². The van der Waals surface area contributed by atoms with Crippen LogP contribution in [0.4, 0.5) is 9.18 Å². The molecule has 0 radical (unpaired) electrons. The molecule has 0 spiro atoms. The van der Waals surface area contributed by atoms with E-state index in [2.05, 4.69) is 10.3 Å². The molecule has 1 N–H and O–H groups in total. The van der Waals surface area contributed by atoms with E-state index in [-0.39, 0.29) is 42.9 Å². The maximum atomic E-state index is 13.2. The molecule has 0 unspecified atom stereocenters. The van der Waals surface area contributed by atoms with Crippen molar-refractivity contribution in [3.05, 3.63) is 47.5 Å². The number of halogens is 1. The molecule has 8 heteroatoms. The molecular formula is C21H23FN4O3. The number of carbonyl (C=O) groups is 2. The van der Waals surface area contributed by atoms with Crippen LogP contribution in [0.2, 0.25) is 0 Å². The molecule has 29 heavy (non-hydrogen) atoms. The summed E-state index contributed by atoms with van der Waals surface area (Å²) in [6.07, 6.45) is 4.36. The summed E-state index contributed by atoms with van der Waals surface area (Å²) in [5, 5.41) is 2.83. The highest BCUT2D eigenvalue weighted by molar-refractivity contribution is 5.77. The average molecular weight is 398 g/mol. The second-order valence-electron chi connectivity index (χ2n) is 7.25. The molecule has 1 fully saturated rings. The van der Waals surface area contributed by atoms with Gasteiger partial charge in [-0.25, -0.2) is 19.2 Å². The maximum Gasteiger partial charge on any atom is 0.318 e. The summed E-state index contributed by atoms with van der Waals surface area (Å²) in [4.78, 5) is 35.2. The van der Waals surface area contributed by atoms with Gasteiger partial charge in [-0.15, -0.1) is 0 Å². The van der Waals surface area contributed by atoms with Crippen LogP contribution >= 0.6 is 0 Å². The van der Waals surface area contributed by atoms with E-state index in [4.69, 9.17) is 9.72 Å². The van der Waals surface area contributed by atoms with Crippen LogP contribution in [0, 0.1) is 5.82 Å². The Balaban J connectivity index is 1.47. The third-order valence-electron chi connectivity index (χ3n) is 5.44. The van der Waals surface area contributed by atoms with Gasteiger partial charge < -0.3 is 15.0 Å². The standard InChI is InChI=1S/C21H23FN4O3/c1-2-29-19(27)9-10-23-21(28)26-15-7-8-18(26)16-12-24-20(25-17(16)11-15)13-3-5-14(22)6-4-13/h3-6,12,15,18H,2,7-11H2,1H3,(H,23,28)/t15-,18+/m0/s1. The first-order chi connectivity index (χ1) is 14.1. The second kappa shape index (κ2) is 8.14. The summed E-state index contributed by atoms with van der Waals surface area (Å²) >= 11 is 0. The highest BCUT2D eigenvalue weighted by Gasteiger charge is 2.43. The van der Waals surface area contributed by atoms with E-state index in [9.17, 15) is 14.0 Å². The van der Waals surface area contributed by atoms with Gasteiger partial charge in [-0.1, -0.05) is 0 Å². The molecule has 7 nitrogen and oxygen atoms in total. The number of hydrogen-bond donors (Lipinski definition) is 1. The lowest BCUT2D eigenvalue weighted by Gasteiger charge is -2.35. The van der Waals surface area contributed by atoms with Crippen molar-refractivity contribution >= 4 is 12.0 Å². The third-order valence-corrected chi connectivity index (χ3v) is 5.44. The van der Waals surface area contributed by atoms with Crippen molar-refractivity contribution in [1.29, 1.82) is 0 Å². The van der Waals surface area contributed by atoms with E-state index in [0.717, 1.165) is 29.7 Å². The van der Waals surface area contributed by atoms with Crippen LogP contribution in [0.5, 0.6) is 0 Å². The first kappa shape index (κ1) is 19.3. The molecule has 2 aliphatic heterocycles. The lowest BCUT2D eigenvalue weighted by atomic mass is 9.99. The van der Waals surface area contributed by atoms with E-state index in [1.54, 1.807) is 25.3 Å². The number of nitrogens with one attached hydrogen (secondary N) is 1. The van der Waals surface area contributed by atoms with Gasteiger partial charge in [0, 0.05) is 36.3 Å². The zero-order chi connectivity index (χ0) is 20.4. The number of rotatable bonds is 5. The summed E-state index contributed by atoms with van der Waals surface area (Å²) in [5.41, 5.74) is 2.67. The quantitative estimate of drug-likeness (QED) is 0.783. The van der Waals surface area contributed by atoms with Gasteiger partial charge in [0.1, 0.15) is 5.82 Å². The van der Waals surface area contributed by atoms with Gasteiger partial charge in [-0.2, -0.15) is 0 Å². The lowest BCUT2D eigenvalue weighted by molar-refractivity contribution is -0.142. The van der Waals surface area contributed by atoms with E-state index < -0.39 is 0 Å². The molecule has 2 aliphatic rings. The van der Waals surface area contributed by atoms with Crippen molar-refractivity contribution < 1.29 is 18.7 Å². The Morgan fingerprint density at radius 3 is 2.83 bits per heavy atom. The minimum absolute atomic E-state index is 0.0615. The van der Waals surface area contributed by atoms with Gasteiger partial charge >= 0.3 is 12.0 Å². The number of nitrogens with zero attached hydrogens (tertiary/aromatic N) is 3. The van der Waals surface area contributed by atoms with Crippen LogP contribution < -0.4 is 5.32 Å². The Morgan fingerprint density at radius 2 is 2.07 bits per heavy atom. The van der Waals surface area contributed by atoms with Crippen LogP contribution in [-0.2, 0) is 16.0 Å². The molecule has 1 aromatic heterocycles. The fraction of sp³-hybridized carbons (Fsp3) is 0.429. The van der Waals surface area contributed by atoms with Crippen LogP contribution in [0.25, 0.3) is 11.4 Å². The molecule has 2 aromatic rings. The number of benzene rings is 1. The molecule has 152 valence electrons. The number of esters is 1. The molecule has 4 rings (SSSR count). The molecule has 2 atom stereocenters. The number of urea groups is 1. The van der Waals surface area contributed by atoms with E-state index >= 15 is 0 Å². The first-order valence-electron chi connectivity index (χ1n) is 9.90. The zero-order valence-electron chi connectivity index (χ0n) is 16.2. The SMILES string of the molecule is CCOC(=O)CCNC(=O)N1[C@H]2CC[C@@H]1c1cnc(-c3ccc(F)cc3)nc1C2.